The summed E-state index contributed by atoms with van der Waals surface area (Å²) in [4.78, 5) is 10.5. The van der Waals surface area contributed by atoms with Gasteiger partial charge < -0.3 is 4.18 Å². The highest BCUT2D eigenvalue weighted by Crippen LogP contribution is 2.20. The normalized spacial score (nSPS) is 13.9. The summed E-state index contributed by atoms with van der Waals surface area (Å²) in [6.07, 6.45) is 12.2. The molecule has 0 spiro atoms. The fraction of sp³-hybridized carbons (Fsp3) is 0.133. The van der Waals surface area contributed by atoms with E-state index in [1.165, 1.54) is 17.6 Å². The topological polar surface area (TPSA) is 26.3 Å². The SMILES string of the molecule is O=Cc1ccc(OSCC2=CC=CC=CC2)cc1. The molecule has 1 aliphatic rings. The Kier molecular flexibility index (Phi) is 4.85. The van der Waals surface area contributed by atoms with Crippen molar-refractivity contribution in [1.29, 1.82) is 0 Å². The van der Waals surface area contributed by atoms with E-state index < -0.39 is 0 Å². The highest BCUT2D eigenvalue weighted by Gasteiger charge is 2.00. The van der Waals surface area contributed by atoms with E-state index in [4.69, 9.17) is 4.18 Å². The number of carbonyl (C=O) groups is 1. The van der Waals surface area contributed by atoms with Gasteiger partial charge >= 0.3 is 0 Å². The molecule has 0 aromatic heterocycles. The molecule has 1 aromatic rings. The van der Waals surface area contributed by atoms with Gasteiger partial charge in [0.05, 0.1) is 17.8 Å². The molecule has 0 atom stereocenters. The molecule has 1 aromatic carbocycles. The van der Waals surface area contributed by atoms with Gasteiger partial charge in [-0.25, -0.2) is 0 Å². The minimum absolute atomic E-state index is 0.661. The summed E-state index contributed by atoms with van der Waals surface area (Å²) in [5, 5.41) is 0. The van der Waals surface area contributed by atoms with E-state index in [0.29, 0.717) is 5.56 Å². The van der Waals surface area contributed by atoms with Crippen molar-refractivity contribution in [1.82, 2.24) is 0 Å². The lowest BCUT2D eigenvalue weighted by Gasteiger charge is -2.05. The minimum Gasteiger partial charge on any atom is -0.425 e. The van der Waals surface area contributed by atoms with Crippen LogP contribution >= 0.6 is 12.0 Å². The third kappa shape index (κ3) is 3.93. The van der Waals surface area contributed by atoms with Crippen LogP contribution in [-0.2, 0) is 0 Å². The average Bonchev–Trinajstić information content (AvgIpc) is 2.68. The first kappa shape index (κ1) is 12.7. The lowest BCUT2D eigenvalue weighted by atomic mass is 10.2. The summed E-state index contributed by atoms with van der Waals surface area (Å²) in [7, 11) is 0. The third-order valence-electron chi connectivity index (χ3n) is 2.49. The maximum absolute atomic E-state index is 10.5. The van der Waals surface area contributed by atoms with E-state index in [1.807, 2.05) is 18.2 Å². The Hall–Kier alpha value is -1.74. The average molecular weight is 258 g/mol. The predicted octanol–water partition coefficient (Wildman–Crippen LogP) is 3.97. The molecule has 0 amide bonds. The highest BCUT2D eigenvalue weighted by atomic mass is 32.2. The number of benzene rings is 1. The lowest BCUT2D eigenvalue weighted by molar-refractivity contribution is 0.112. The second kappa shape index (κ2) is 6.87. The fourth-order valence-corrected chi connectivity index (χ4v) is 2.18. The summed E-state index contributed by atoms with van der Waals surface area (Å²) in [6.45, 7) is 0. The molecular weight excluding hydrogens is 244 g/mol. The third-order valence-corrected chi connectivity index (χ3v) is 3.28. The van der Waals surface area contributed by atoms with Gasteiger partial charge in [-0.2, -0.15) is 0 Å². The molecule has 0 fully saturated rings. The van der Waals surface area contributed by atoms with E-state index in [9.17, 15) is 4.79 Å². The molecule has 3 heteroatoms. The second-order valence-electron chi connectivity index (χ2n) is 3.87. The quantitative estimate of drug-likeness (QED) is 0.590. The van der Waals surface area contributed by atoms with Crippen molar-refractivity contribution in [2.75, 3.05) is 5.75 Å². The van der Waals surface area contributed by atoms with Crippen LogP contribution in [0.4, 0.5) is 0 Å². The molecule has 92 valence electrons. The van der Waals surface area contributed by atoms with Crippen molar-refractivity contribution in [3.63, 3.8) is 0 Å². The highest BCUT2D eigenvalue weighted by molar-refractivity contribution is 7.95. The molecule has 0 aliphatic heterocycles. The molecule has 2 nitrogen and oxygen atoms in total. The summed E-state index contributed by atoms with van der Waals surface area (Å²) >= 11 is 1.41. The van der Waals surface area contributed by atoms with Crippen LogP contribution in [-0.4, -0.2) is 12.0 Å². The van der Waals surface area contributed by atoms with E-state index in [0.717, 1.165) is 24.2 Å². The van der Waals surface area contributed by atoms with Crippen LogP contribution in [0, 0.1) is 0 Å². The smallest absolute Gasteiger partial charge is 0.150 e. The van der Waals surface area contributed by atoms with Gasteiger partial charge in [0.1, 0.15) is 12.0 Å². The number of hydrogen-bond acceptors (Lipinski definition) is 3. The number of aldehydes is 1. The van der Waals surface area contributed by atoms with Gasteiger partial charge in [0, 0.05) is 5.56 Å². The van der Waals surface area contributed by atoms with Crippen molar-refractivity contribution >= 4 is 18.3 Å². The zero-order valence-electron chi connectivity index (χ0n) is 9.91. The van der Waals surface area contributed by atoms with Crippen LogP contribution in [0.5, 0.6) is 5.75 Å². The Labute approximate surface area is 111 Å². The van der Waals surface area contributed by atoms with Crippen molar-refractivity contribution in [3.05, 3.63) is 65.8 Å². The second-order valence-corrected chi connectivity index (χ2v) is 4.57. The summed E-state index contributed by atoms with van der Waals surface area (Å²) < 4.78 is 5.56. The van der Waals surface area contributed by atoms with Gasteiger partial charge in [-0.15, -0.1) is 0 Å². The molecule has 1 aliphatic carbocycles. The van der Waals surface area contributed by atoms with Gasteiger partial charge in [-0.1, -0.05) is 36.0 Å². The first-order valence-corrected chi connectivity index (χ1v) is 6.65. The van der Waals surface area contributed by atoms with Crippen LogP contribution in [0.3, 0.4) is 0 Å². The van der Waals surface area contributed by atoms with Crippen molar-refractivity contribution < 1.29 is 8.98 Å². The van der Waals surface area contributed by atoms with Gasteiger partial charge in [0.25, 0.3) is 0 Å². The molecule has 0 N–H and O–H groups in total. The Balaban J connectivity index is 1.81. The van der Waals surface area contributed by atoms with Crippen LogP contribution in [0.25, 0.3) is 0 Å². The van der Waals surface area contributed by atoms with Gasteiger partial charge in [-0.3, -0.25) is 4.79 Å². The maximum Gasteiger partial charge on any atom is 0.150 e. The molecule has 18 heavy (non-hydrogen) atoms. The Morgan fingerprint density at radius 3 is 2.78 bits per heavy atom. The fourth-order valence-electron chi connectivity index (χ4n) is 1.50. The standard InChI is InChI=1S/C15H14O2S/c16-11-13-7-9-15(10-8-13)17-18-12-14-5-3-1-2-4-6-14/h1-5,7-11H,6,12H2. The van der Waals surface area contributed by atoms with Crippen molar-refractivity contribution in [2.45, 2.75) is 6.42 Å². The summed E-state index contributed by atoms with van der Waals surface area (Å²) in [5.74, 6) is 1.61. The first-order chi connectivity index (χ1) is 8.88. The van der Waals surface area contributed by atoms with Gasteiger partial charge in [0.2, 0.25) is 0 Å². The maximum atomic E-state index is 10.5. The lowest BCUT2D eigenvalue weighted by Crippen LogP contribution is -1.90. The molecule has 2 rings (SSSR count). The van der Waals surface area contributed by atoms with Crippen molar-refractivity contribution in [2.24, 2.45) is 0 Å². The molecule has 0 radical (unpaired) electrons. The minimum atomic E-state index is 0.661. The zero-order chi connectivity index (χ0) is 12.6. The van der Waals surface area contributed by atoms with E-state index in [1.54, 1.807) is 24.3 Å². The first-order valence-electron chi connectivity index (χ1n) is 5.74. The number of carbonyl (C=O) groups excluding carboxylic acids is 1. The summed E-state index contributed by atoms with van der Waals surface area (Å²) in [6, 6.07) is 7.11. The molecule has 0 saturated heterocycles. The van der Waals surface area contributed by atoms with Gasteiger partial charge in [0.15, 0.2) is 0 Å². The van der Waals surface area contributed by atoms with Gasteiger partial charge in [-0.05, 0) is 30.7 Å². The van der Waals surface area contributed by atoms with Crippen LogP contribution in [0.15, 0.2) is 60.2 Å². The molecule has 0 unspecified atom stereocenters. The number of hydrogen-bond donors (Lipinski definition) is 0. The van der Waals surface area contributed by atoms with Crippen LogP contribution in [0.2, 0.25) is 0 Å². The zero-order valence-corrected chi connectivity index (χ0v) is 10.7. The Morgan fingerprint density at radius 2 is 2.00 bits per heavy atom. The predicted molar refractivity (Wildman–Crippen MR) is 75.9 cm³/mol. The monoisotopic (exact) mass is 258 g/mol. The molecular formula is C15H14O2S. The van der Waals surface area contributed by atoms with E-state index >= 15 is 0 Å². The van der Waals surface area contributed by atoms with E-state index in [-0.39, 0.29) is 0 Å². The van der Waals surface area contributed by atoms with Crippen LogP contribution < -0.4 is 4.18 Å². The number of rotatable bonds is 5. The number of allylic oxidation sites excluding steroid dienone is 5. The van der Waals surface area contributed by atoms with Crippen LogP contribution in [0.1, 0.15) is 16.8 Å². The molecule has 0 saturated carbocycles. The molecule has 0 bridgehead atoms. The van der Waals surface area contributed by atoms with Crippen molar-refractivity contribution in [3.8, 4) is 5.75 Å². The summed E-state index contributed by atoms with van der Waals surface area (Å²) in [5.41, 5.74) is 1.99. The molecule has 0 heterocycles. The Morgan fingerprint density at radius 1 is 1.17 bits per heavy atom. The Bertz CT molecular complexity index is 484. The largest absolute Gasteiger partial charge is 0.425 e. The van der Waals surface area contributed by atoms with E-state index in [2.05, 4.69) is 12.2 Å².